The zero-order valence-corrected chi connectivity index (χ0v) is 14.7. The first-order valence-electron chi connectivity index (χ1n) is 8.65. The van der Waals surface area contributed by atoms with Gasteiger partial charge in [-0.3, -0.25) is 4.79 Å². The minimum Gasteiger partial charge on any atom is -0.494 e. The highest BCUT2D eigenvalue weighted by atomic mass is 16.5. The molecule has 0 aliphatic rings. The standard InChI is InChI=1S/C22H23NO2/c1-16(2)12-13-25-21-9-5-8-19(15-21)22(24)23-20-11-10-17-6-3-4-7-18(17)14-20/h3-11,14-16H,12-13H2,1-2H3,(H,23,24). The third-order valence-corrected chi connectivity index (χ3v) is 4.07. The van der Waals surface area contributed by atoms with Gasteiger partial charge in [0.2, 0.25) is 0 Å². The summed E-state index contributed by atoms with van der Waals surface area (Å²) >= 11 is 0. The molecule has 0 spiro atoms. The summed E-state index contributed by atoms with van der Waals surface area (Å²) in [5.41, 5.74) is 1.38. The second-order valence-corrected chi connectivity index (χ2v) is 6.57. The Hall–Kier alpha value is -2.81. The Bertz CT molecular complexity index is 871. The number of benzene rings is 3. The number of amides is 1. The Morgan fingerprint density at radius 3 is 2.56 bits per heavy atom. The van der Waals surface area contributed by atoms with Gasteiger partial charge >= 0.3 is 0 Å². The molecule has 0 saturated heterocycles. The van der Waals surface area contributed by atoms with E-state index in [9.17, 15) is 4.79 Å². The van der Waals surface area contributed by atoms with Crippen molar-refractivity contribution >= 4 is 22.4 Å². The van der Waals surface area contributed by atoms with E-state index in [1.165, 1.54) is 0 Å². The Labute approximate surface area is 148 Å². The molecule has 3 heteroatoms. The van der Waals surface area contributed by atoms with Crippen molar-refractivity contribution in [1.82, 2.24) is 0 Å². The largest absolute Gasteiger partial charge is 0.494 e. The summed E-state index contributed by atoms with van der Waals surface area (Å²) in [6, 6.07) is 21.3. The summed E-state index contributed by atoms with van der Waals surface area (Å²) in [6.45, 7) is 4.99. The van der Waals surface area contributed by atoms with E-state index in [-0.39, 0.29) is 5.91 Å². The highest BCUT2D eigenvalue weighted by Gasteiger charge is 2.08. The second-order valence-electron chi connectivity index (χ2n) is 6.57. The predicted molar refractivity (Wildman–Crippen MR) is 103 cm³/mol. The fourth-order valence-electron chi connectivity index (χ4n) is 2.61. The van der Waals surface area contributed by atoms with Crippen LogP contribution in [0.25, 0.3) is 10.8 Å². The van der Waals surface area contributed by atoms with E-state index in [2.05, 4.69) is 25.2 Å². The van der Waals surface area contributed by atoms with Crippen LogP contribution >= 0.6 is 0 Å². The van der Waals surface area contributed by atoms with Crippen LogP contribution in [0.2, 0.25) is 0 Å². The lowest BCUT2D eigenvalue weighted by Gasteiger charge is -2.10. The van der Waals surface area contributed by atoms with Crippen molar-refractivity contribution in [2.75, 3.05) is 11.9 Å². The lowest BCUT2D eigenvalue weighted by molar-refractivity contribution is 0.102. The zero-order valence-electron chi connectivity index (χ0n) is 14.7. The van der Waals surface area contributed by atoms with Gasteiger partial charge in [0.05, 0.1) is 6.61 Å². The molecule has 0 heterocycles. The molecular formula is C22H23NO2. The first-order valence-corrected chi connectivity index (χ1v) is 8.65. The van der Waals surface area contributed by atoms with E-state index < -0.39 is 0 Å². The average Bonchev–Trinajstić information content (AvgIpc) is 2.61. The topological polar surface area (TPSA) is 38.3 Å². The highest BCUT2D eigenvalue weighted by molar-refractivity contribution is 6.05. The molecule has 0 fully saturated rings. The van der Waals surface area contributed by atoms with E-state index in [4.69, 9.17) is 4.74 Å². The molecule has 0 radical (unpaired) electrons. The summed E-state index contributed by atoms with van der Waals surface area (Å²) in [4.78, 5) is 12.5. The van der Waals surface area contributed by atoms with Crippen LogP contribution in [0.15, 0.2) is 66.7 Å². The van der Waals surface area contributed by atoms with Crippen molar-refractivity contribution in [3.63, 3.8) is 0 Å². The molecule has 1 N–H and O–H groups in total. The lowest BCUT2D eigenvalue weighted by Crippen LogP contribution is -2.12. The van der Waals surface area contributed by atoms with Crippen molar-refractivity contribution in [3.8, 4) is 5.75 Å². The van der Waals surface area contributed by atoms with Gasteiger partial charge in [-0.1, -0.05) is 50.2 Å². The van der Waals surface area contributed by atoms with Gasteiger partial charge in [-0.25, -0.2) is 0 Å². The monoisotopic (exact) mass is 333 g/mol. The van der Waals surface area contributed by atoms with Gasteiger partial charge in [0.25, 0.3) is 5.91 Å². The number of rotatable bonds is 6. The van der Waals surface area contributed by atoms with Gasteiger partial charge in [-0.15, -0.1) is 0 Å². The summed E-state index contributed by atoms with van der Waals surface area (Å²) in [6.07, 6.45) is 0.994. The number of ether oxygens (including phenoxy) is 1. The first kappa shape index (κ1) is 17.0. The SMILES string of the molecule is CC(C)CCOc1cccc(C(=O)Nc2ccc3ccccc3c2)c1. The smallest absolute Gasteiger partial charge is 0.255 e. The quantitative estimate of drug-likeness (QED) is 0.645. The van der Waals surface area contributed by atoms with Crippen LogP contribution in [0.3, 0.4) is 0 Å². The molecule has 0 atom stereocenters. The summed E-state index contributed by atoms with van der Waals surface area (Å²) < 4.78 is 5.74. The van der Waals surface area contributed by atoms with E-state index in [0.29, 0.717) is 18.1 Å². The average molecular weight is 333 g/mol. The van der Waals surface area contributed by atoms with Gasteiger partial charge in [-0.05, 0) is 53.4 Å². The van der Waals surface area contributed by atoms with Gasteiger partial charge in [0, 0.05) is 11.3 Å². The van der Waals surface area contributed by atoms with Crippen LogP contribution in [0, 0.1) is 5.92 Å². The maximum atomic E-state index is 12.5. The normalized spacial score (nSPS) is 10.8. The first-order chi connectivity index (χ1) is 12.1. The van der Waals surface area contributed by atoms with E-state index in [1.54, 1.807) is 12.1 Å². The third kappa shape index (κ3) is 4.60. The van der Waals surface area contributed by atoms with Crippen LogP contribution in [-0.2, 0) is 0 Å². The molecule has 0 bridgehead atoms. The Kier molecular flexibility index (Phi) is 5.34. The van der Waals surface area contributed by atoms with E-state index in [0.717, 1.165) is 28.6 Å². The fraction of sp³-hybridized carbons (Fsp3) is 0.227. The second kappa shape index (κ2) is 7.84. The third-order valence-electron chi connectivity index (χ3n) is 4.07. The summed E-state index contributed by atoms with van der Waals surface area (Å²) in [5, 5.41) is 5.21. The lowest BCUT2D eigenvalue weighted by atomic mass is 10.1. The van der Waals surface area contributed by atoms with Gasteiger partial charge in [0.15, 0.2) is 0 Å². The molecule has 0 unspecified atom stereocenters. The molecular weight excluding hydrogens is 310 g/mol. The Morgan fingerprint density at radius 2 is 1.76 bits per heavy atom. The molecule has 128 valence electrons. The molecule has 0 saturated carbocycles. The predicted octanol–water partition coefficient (Wildman–Crippen LogP) is 5.52. The van der Waals surface area contributed by atoms with E-state index in [1.807, 2.05) is 48.5 Å². The summed E-state index contributed by atoms with van der Waals surface area (Å²) in [5.74, 6) is 1.19. The minimum absolute atomic E-state index is 0.135. The Balaban J connectivity index is 1.69. The maximum absolute atomic E-state index is 12.5. The molecule has 0 aliphatic carbocycles. The maximum Gasteiger partial charge on any atom is 0.255 e. The van der Waals surface area contributed by atoms with E-state index >= 15 is 0 Å². The highest BCUT2D eigenvalue weighted by Crippen LogP contribution is 2.20. The molecule has 3 nitrogen and oxygen atoms in total. The van der Waals surface area contributed by atoms with Crippen LogP contribution in [0.1, 0.15) is 30.6 Å². The van der Waals surface area contributed by atoms with Crippen molar-refractivity contribution in [3.05, 3.63) is 72.3 Å². The van der Waals surface area contributed by atoms with Crippen molar-refractivity contribution in [2.24, 2.45) is 5.92 Å². The van der Waals surface area contributed by atoms with Gasteiger partial charge < -0.3 is 10.1 Å². The number of hydrogen-bond acceptors (Lipinski definition) is 2. The van der Waals surface area contributed by atoms with Gasteiger partial charge in [-0.2, -0.15) is 0 Å². The van der Waals surface area contributed by atoms with Crippen LogP contribution in [0.4, 0.5) is 5.69 Å². The number of carbonyl (C=O) groups excluding carboxylic acids is 1. The zero-order chi connectivity index (χ0) is 17.6. The molecule has 0 aromatic heterocycles. The van der Waals surface area contributed by atoms with Gasteiger partial charge in [0.1, 0.15) is 5.75 Å². The molecule has 3 aromatic rings. The summed E-state index contributed by atoms with van der Waals surface area (Å²) in [7, 11) is 0. The molecule has 3 aromatic carbocycles. The number of anilines is 1. The number of nitrogens with one attached hydrogen (secondary N) is 1. The van der Waals surface area contributed by atoms with Crippen LogP contribution < -0.4 is 10.1 Å². The van der Waals surface area contributed by atoms with Crippen LogP contribution in [-0.4, -0.2) is 12.5 Å². The minimum atomic E-state index is -0.135. The van der Waals surface area contributed by atoms with Crippen molar-refractivity contribution < 1.29 is 9.53 Å². The molecule has 0 aliphatic heterocycles. The number of hydrogen-bond donors (Lipinski definition) is 1. The van der Waals surface area contributed by atoms with Crippen molar-refractivity contribution in [2.45, 2.75) is 20.3 Å². The number of carbonyl (C=O) groups is 1. The van der Waals surface area contributed by atoms with Crippen LogP contribution in [0.5, 0.6) is 5.75 Å². The molecule has 3 rings (SSSR count). The Morgan fingerprint density at radius 1 is 0.960 bits per heavy atom. The molecule has 1 amide bonds. The molecule has 25 heavy (non-hydrogen) atoms. The number of fused-ring (bicyclic) bond motifs is 1. The van der Waals surface area contributed by atoms with Crippen molar-refractivity contribution in [1.29, 1.82) is 0 Å². The fourth-order valence-corrected chi connectivity index (χ4v) is 2.61.